The van der Waals surface area contributed by atoms with Gasteiger partial charge in [-0.05, 0) is 42.5 Å². The maximum absolute atomic E-state index is 12.4. The summed E-state index contributed by atoms with van der Waals surface area (Å²) < 4.78 is 0. The topological polar surface area (TPSA) is 77.8 Å². The number of phenolic OH excluding ortho intramolecular Hbond substituents is 1. The van der Waals surface area contributed by atoms with Crippen LogP contribution in [0.2, 0.25) is 5.02 Å². The number of benzene rings is 2. The van der Waals surface area contributed by atoms with Crippen molar-refractivity contribution in [3.05, 3.63) is 59.1 Å². The highest BCUT2D eigenvalue weighted by molar-refractivity contribution is 6.31. The first kappa shape index (κ1) is 14.9. The van der Waals surface area contributed by atoms with E-state index in [1.165, 1.54) is 30.3 Å². The number of carbonyl (C=O) groups excluding carboxylic acids is 1. The molecule has 0 unspecified atom stereocenters. The Bertz CT molecular complexity index is 670. The van der Waals surface area contributed by atoms with Gasteiger partial charge in [0.1, 0.15) is 12.3 Å². The molecule has 6 heteroatoms. The van der Waals surface area contributed by atoms with Gasteiger partial charge in [0.2, 0.25) is 0 Å². The molecule has 0 spiro atoms. The SMILES string of the molecule is O=C(O)CN(C(=O)c1ccc(O)cc1)c1cccc(Cl)c1. The summed E-state index contributed by atoms with van der Waals surface area (Å²) in [4.78, 5) is 24.5. The Hall–Kier alpha value is -2.53. The van der Waals surface area contributed by atoms with Gasteiger partial charge in [-0.1, -0.05) is 17.7 Å². The molecule has 0 aliphatic rings. The van der Waals surface area contributed by atoms with E-state index < -0.39 is 18.4 Å². The summed E-state index contributed by atoms with van der Waals surface area (Å²) in [6, 6.07) is 12.0. The van der Waals surface area contributed by atoms with Gasteiger partial charge in [-0.15, -0.1) is 0 Å². The number of halogens is 1. The molecule has 2 N–H and O–H groups in total. The predicted molar refractivity (Wildman–Crippen MR) is 78.9 cm³/mol. The van der Waals surface area contributed by atoms with Crippen LogP contribution in [0.1, 0.15) is 10.4 Å². The standard InChI is InChI=1S/C15H12ClNO4/c16-11-2-1-3-12(8-11)17(9-14(19)20)15(21)10-4-6-13(18)7-5-10/h1-8,18H,9H2,(H,19,20). The first-order chi connectivity index (χ1) is 9.97. The monoisotopic (exact) mass is 305 g/mol. The number of carboxylic acids is 1. The lowest BCUT2D eigenvalue weighted by Crippen LogP contribution is -2.35. The highest BCUT2D eigenvalue weighted by atomic mass is 35.5. The molecule has 2 rings (SSSR count). The first-order valence-electron chi connectivity index (χ1n) is 6.05. The number of phenols is 1. The summed E-state index contributed by atoms with van der Waals surface area (Å²) in [6.45, 7) is -0.486. The number of hydrogen-bond donors (Lipinski definition) is 2. The van der Waals surface area contributed by atoms with E-state index >= 15 is 0 Å². The van der Waals surface area contributed by atoms with E-state index in [4.69, 9.17) is 16.7 Å². The summed E-state index contributed by atoms with van der Waals surface area (Å²) in [5.41, 5.74) is 0.664. The maximum atomic E-state index is 12.4. The number of rotatable bonds is 4. The Kier molecular flexibility index (Phi) is 4.45. The zero-order valence-corrected chi connectivity index (χ0v) is 11.6. The largest absolute Gasteiger partial charge is 0.508 e. The third-order valence-electron chi connectivity index (χ3n) is 2.77. The Morgan fingerprint density at radius 1 is 1.10 bits per heavy atom. The second-order valence-electron chi connectivity index (χ2n) is 4.31. The van der Waals surface area contributed by atoms with Crippen LogP contribution < -0.4 is 4.90 Å². The fourth-order valence-electron chi connectivity index (χ4n) is 1.82. The van der Waals surface area contributed by atoms with Gasteiger partial charge in [0, 0.05) is 16.3 Å². The number of amides is 1. The van der Waals surface area contributed by atoms with Crippen LogP contribution in [-0.4, -0.2) is 28.6 Å². The lowest BCUT2D eigenvalue weighted by Gasteiger charge is -2.21. The quantitative estimate of drug-likeness (QED) is 0.910. The summed E-state index contributed by atoms with van der Waals surface area (Å²) >= 11 is 5.88. The number of anilines is 1. The Labute approximate surface area is 126 Å². The van der Waals surface area contributed by atoms with Crippen molar-refractivity contribution in [1.82, 2.24) is 0 Å². The fraction of sp³-hybridized carbons (Fsp3) is 0.0667. The van der Waals surface area contributed by atoms with E-state index in [2.05, 4.69) is 0 Å². The van der Waals surface area contributed by atoms with Crippen molar-refractivity contribution in [2.24, 2.45) is 0 Å². The molecule has 0 aliphatic heterocycles. The van der Waals surface area contributed by atoms with Crippen LogP contribution in [0.5, 0.6) is 5.75 Å². The third kappa shape index (κ3) is 3.73. The fourth-order valence-corrected chi connectivity index (χ4v) is 2.00. The van der Waals surface area contributed by atoms with Gasteiger partial charge in [0.05, 0.1) is 0 Å². The first-order valence-corrected chi connectivity index (χ1v) is 6.43. The zero-order chi connectivity index (χ0) is 15.4. The highest BCUT2D eigenvalue weighted by Gasteiger charge is 2.20. The number of nitrogens with zero attached hydrogens (tertiary/aromatic N) is 1. The Morgan fingerprint density at radius 2 is 1.76 bits per heavy atom. The van der Waals surface area contributed by atoms with Crippen LogP contribution in [0.4, 0.5) is 5.69 Å². The summed E-state index contributed by atoms with van der Waals surface area (Å²) in [6.07, 6.45) is 0. The molecule has 0 aromatic heterocycles. The van der Waals surface area contributed by atoms with Crippen LogP contribution in [0.25, 0.3) is 0 Å². The van der Waals surface area contributed by atoms with Gasteiger partial charge in [0.25, 0.3) is 5.91 Å². The molecule has 0 aliphatic carbocycles. The van der Waals surface area contributed by atoms with Gasteiger partial charge in [-0.2, -0.15) is 0 Å². The van der Waals surface area contributed by atoms with Crippen LogP contribution in [0.3, 0.4) is 0 Å². The molecular formula is C15H12ClNO4. The van der Waals surface area contributed by atoms with E-state index in [0.717, 1.165) is 4.90 Å². The minimum Gasteiger partial charge on any atom is -0.508 e. The van der Waals surface area contributed by atoms with Crippen molar-refractivity contribution in [3.63, 3.8) is 0 Å². The highest BCUT2D eigenvalue weighted by Crippen LogP contribution is 2.22. The lowest BCUT2D eigenvalue weighted by atomic mass is 10.1. The Morgan fingerprint density at radius 3 is 2.33 bits per heavy atom. The van der Waals surface area contributed by atoms with Crippen molar-refractivity contribution in [2.75, 3.05) is 11.4 Å². The van der Waals surface area contributed by atoms with Gasteiger partial charge in [0.15, 0.2) is 0 Å². The summed E-state index contributed by atoms with van der Waals surface area (Å²) in [7, 11) is 0. The summed E-state index contributed by atoms with van der Waals surface area (Å²) in [5, 5.41) is 18.6. The Balaban J connectivity index is 2.38. The number of carboxylic acid groups (broad SMARTS) is 1. The van der Waals surface area contributed by atoms with E-state index in [-0.39, 0.29) is 11.3 Å². The van der Waals surface area contributed by atoms with Crippen LogP contribution in [0.15, 0.2) is 48.5 Å². The molecule has 5 nitrogen and oxygen atoms in total. The molecule has 2 aromatic carbocycles. The van der Waals surface area contributed by atoms with Gasteiger partial charge < -0.3 is 10.2 Å². The molecule has 0 saturated heterocycles. The van der Waals surface area contributed by atoms with Crippen LogP contribution in [-0.2, 0) is 4.79 Å². The van der Waals surface area contributed by atoms with Crippen molar-refractivity contribution < 1.29 is 19.8 Å². The van der Waals surface area contributed by atoms with E-state index in [1.807, 2.05) is 0 Å². The normalized spacial score (nSPS) is 10.1. The molecular weight excluding hydrogens is 294 g/mol. The number of hydrogen-bond acceptors (Lipinski definition) is 3. The molecule has 2 aromatic rings. The average molecular weight is 306 g/mol. The number of aliphatic carboxylic acids is 1. The zero-order valence-electron chi connectivity index (χ0n) is 10.9. The molecule has 0 bridgehead atoms. The van der Waals surface area contributed by atoms with E-state index in [9.17, 15) is 14.7 Å². The van der Waals surface area contributed by atoms with E-state index in [0.29, 0.717) is 10.7 Å². The van der Waals surface area contributed by atoms with Gasteiger partial charge in [-0.3, -0.25) is 14.5 Å². The molecule has 0 saturated carbocycles. The van der Waals surface area contributed by atoms with Crippen LogP contribution in [0, 0.1) is 0 Å². The maximum Gasteiger partial charge on any atom is 0.323 e. The predicted octanol–water partition coefficient (Wildman–Crippen LogP) is 2.78. The number of aromatic hydroxyl groups is 1. The van der Waals surface area contributed by atoms with E-state index in [1.54, 1.807) is 18.2 Å². The lowest BCUT2D eigenvalue weighted by molar-refractivity contribution is -0.135. The minimum absolute atomic E-state index is 0.0269. The molecule has 0 radical (unpaired) electrons. The molecule has 0 atom stereocenters. The van der Waals surface area contributed by atoms with Crippen molar-refractivity contribution in [2.45, 2.75) is 0 Å². The molecule has 1 amide bonds. The smallest absolute Gasteiger partial charge is 0.323 e. The van der Waals surface area contributed by atoms with Gasteiger partial charge >= 0.3 is 5.97 Å². The van der Waals surface area contributed by atoms with Crippen molar-refractivity contribution in [3.8, 4) is 5.75 Å². The average Bonchev–Trinajstić information content (AvgIpc) is 2.44. The minimum atomic E-state index is -1.14. The third-order valence-corrected chi connectivity index (χ3v) is 3.01. The molecule has 21 heavy (non-hydrogen) atoms. The second-order valence-corrected chi connectivity index (χ2v) is 4.75. The van der Waals surface area contributed by atoms with Crippen molar-refractivity contribution >= 4 is 29.2 Å². The van der Waals surface area contributed by atoms with Gasteiger partial charge in [-0.25, -0.2) is 0 Å². The van der Waals surface area contributed by atoms with Crippen LogP contribution >= 0.6 is 11.6 Å². The second kappa shape index (κ2) is 6.28. The summed E-state index contributed by atoms with van der Waals surface area (Å²) in [5.74, 6) is -1.60. The number of carbonyl (C=O) groups is 2. The molecule has 0 fully saturated rings. The molecule has 108 valence electrons. The van der Waals surface area contributed by atoms with Crippen molar-refractivity contribution in [1.29, 1.82) is 0 Å². The molecule has 0 heterocycles.